The lowest BCUT2D eigenvalue weighted by atomic mass is 9.84. The Kier molecular flexibility index (Phi) is 11.7. The summed E-state index contributed by atoms with van der Waals surface area (Å²) in [4.78, 5) is 5.98. The molecular weight excluding hydrogens is 737 g/mol. The van der Waals surface area contributed by atoms with Gasteiger partial charge in [0, 0.05) is 62.4 Å². The van der Waals surface area contributed by atoms with Crippen LogP contribution in [-0.4, -0.2) is 52.9 Å². The molecular formula is C40H50O4S6. The van der Waals surface area contributed by atoms with Gasteiger partial charge in [0.2, 0.25) is 0 Å². The smallest absolute Gasteiger partial charge is 0.0636 e. The van der Waals surface area contributed by atoms with Crippen LogP contribution in [-0.2, 0) is 31.8 Å². The van der Waals surface area contributed by atoms with E-state index in [0.717, 1.165) is 65.7 Å². The molecule has 2 saturated heterocycles. The van der Waals surface area contributed by atoms with Crippen LogP contribution in [0, 0.1) is 10.8 Å². The van der Waals surface area contributed by atoms with Crippen molar-refractivity contribution in [3.8, 4) is 9.75 Å². The second-order valence-electron chi connectivity index (χ2n) is 14.8. The maximum absolute atomic E-state index is 5.99. The van der Waals surface area contributed by atoms with Crippen molar-refractivity contribution in [3.05, 3.63) is 34.0 Å². The summed E-state index contributed by atoms with van der Waals surface area (Å²) >= 11 is 12.1. The zero-order valence-corrected chi connectivity index (χ0v) is 34.4. The monoisotopic (exact) mass is 786 g/mol. The Morgan fingerprint density at radius 2 is 0.900 bits per heavy atom. The Morgan fingerprint density at radius 1 is 0.500 bits per heavy atom. The van der Waals surface area contributed by atoms with Gasteiger partial charge in [-0.3, -0.25) is 0 Å². The molecule has 2 aliphatic heterocycles. The van der Waals surface area contributed by atoms with E-state index in [9.17, 15) is 0 Å². The molecule has 0 saturated carbocycles. The zero-order valence-electron chi connectivity index (χ0n) is 29.5. The molecule has 0 aromatic carbocycles. The minimum Gasteiger partial charge on any atom is -0.381 e. The second-order valence-corrected chi connectivity index (χ2v) is 21.3. The Morgan fingerprint density at radius 3 is 1.30 bits per heavy atom. The average Bonchev–Trinajstić information content (AvgIpc) is 3.91. The quantitative estimate of drug-likeness (QED) is 0.0681. The molecule has 0 N–H and O–H groups in total. The van der Waals surface area contributed by atoms with Crippen molar-refractivity contribution in [2.24, 2.45) is 10.8 Å². The molecule has 4 nitrogen and oxygen atoms in total. The number of ether oxygens (including phenoxy) is 4. The standard InChI is InChI=1S/C40H50O4S6/c1-3-39(23-43-24-39)21-41-15-11-7-5-9-13-27-17-31-35(45-27)37-33(47-31)19-29(49-37)30-20-34-38(50-30)36-32(48-34)18-28(46-36)14-10-6-8-12-16-42-22-40(4-2)25-44-26-40/h17-20H,3-16,21-26H2,1-2H3. The first-order valence-electron chi connectivity index (χ1n) is 18.8. The van der Waals surface area contributed by atoms with E-state index in [1.807, 2.05) is 68.0 Å². The van der Waals surface area contributed by atoms with Crippen LogP contribution < -0.4 is 0 Å². The molecule has 8 heterocycles. The summed E-state index contributed by atoms with van der Waals surface area (Å²) in [5.74, 6) is 0. The first kappa shape index (κ1) is 36.1. The molecule has 0 radical (unpaired) electrons. The summed E-state index contributed by atoms with van der Waals surface area (Å²) in [6.45, 7) is 11.5. The largest absolute Gasteiger partial charge is 0.381 e. The van der Waals surface area contributed by atoms with E-state index >= 15 is 0 Å². The van der Waals surface area contributed by atoms with Gasteiger partial charge in [-0.15, -0.1) is 68.0 Å². The van der Waals surface area contributed by atoms with Gasteiger partial charge >= 0.3 is 0 Å². The van der Waals surface area contributed by atoms with Crippen molar-refractivity contribution in [2.75, 3.05) is 52.9 Å². The van der Waals surface area contributed by atoms with Crippen molar-refractivity contribution in [1.82, 2.24) is 0 Å². The summed E-state index contributed by atoms with van der Waals surface area (Å²) in [6.07, 6.45) is 14.7. The van der Waals surface area contributed by atoms with Crippen LogP contribution in [0.2, 0.25) is 0 Å². The van der Waals surface area contributed by atoms with Crippen LogP contribution >= 0.6 is 68.0 Å². The molecule has 2 aliphatic rings. The van der Waals surface area contributed by atoms with Crippen molar-refractivity contribution < 1.29 is 18.9 Å². The molecule has 6 aromatic heterocycles. The maximum Gasteiger partial charge on any atom is 0.0636 e. The van der Waals surface area contributed by atoms with E-state index in [2.05, 4.69) is 38.1 Å². The number of fused-ring (bicyclic) bond motifs is 6. The highest BCUT2D eigenvalue weighted by Crippen LogP contribution is 2.51. The fraction of sp³-hybridized carbons (Fsp3) is 0.600. The van der Waals surface area contributed by atoms with E-state index in [1.165, 1.54) is 112 Å². The third-order valence-corrected chi connectivity index (χ3v) is 18.7. The fourth-order valence-corrected chi connectivity index (χ4v) is 15.4. The predicted molar refractivity (Wildman–Crippen MR) is 222 cm³/mol. The normalized spacial score (nSPS) is 17.1. The summed E-state index contributed by atoms with van der Waals surface area (Å²) in [5, 5.41) is 0. The average molecular weight is 787 g/mol. The summed E-state index contributed by atoms with van der Waals surface area (Å²) in [5.41, 5.74) is 0.617. The number of hydrogen-bond acceptors (Lipinski definition) is 10. The lowest BCUT2D eigenvalue weighted by Gasteiger charge is -2.40. The van der Waals surface area contributed by atoms with Gasteiger partial charge in [-0.25, -0.2) is 0 Å². The lowest BCUT2D eigenvalue weighted by Crippen LogP contribution is -2.45. The van der Waals surface area contributed by atoms with E-state index in [0.29, 0.717) is 10.8 Å². The molecule has 0 amide bonds. The van der Waals surface area contributed by atoms with Gasteiger partial charge in [-0.1, -0.05) is 39.5 Å². The molecule has 6 aromatic rings. The van der Waals surface area contributed by atoms with E-state index in [1.54, 1.807) is 9.75 Å². The molecule has 10 heteroatoms. The number of hydrogen-bond donors (Lipinski definition) is 0. The molecule has 0 unspecified atom stereocenters. The lowest BCUT2D eigenvalue weighted by molar-refractivity contribution is -0.150. The van der Waals surface area contributed by atoms with Gasteiger partial charge in [0.05, 0.1) is 58.4 Å². The van der Waals surface area contributed by atoms with Crippen LogP contribution in [0.15, 0.2) is 24.3 Å². The number of unbranched alkanes of at least 4 members (excludes halogenated alkanes) is 6. The topological polar surface area (TPSA) is 36.9 Å². The molecule has 270 valence electrons. The molecule has 0 spiro atoms. The molecule has 0 atom stereocenters. The van der Waals surface area contributed by atoms with Crippen LogP contribution in [0.3, 0.4) is 0 Å². The van der Waals surface area contributed by atoms with E-state index < -0.39 is 0 Å². The summed E-state index contributed by atoms with van der Waals surface area (Å²) in [7, 11) is 0. The van der Waals surface area contributed by atoms with Gasteiger partial charge in [0.25, 0.3) is 0 Å². The minimum absolute atomic E-state index is 0.309. The predicted octanol–water partition coefficient (Wildman–Crippen LogP) is 13.4. The van der Waals surface area contributed by atoms with Gasteiger partial charge in [0.1, 0.15) is 0 Å². The summed E-state index contributed by atoms with van der Waals surface area (Å²) < 4.78 is 34.7. The van der Waals surface area contributed by atoms with Gasteiger partial charge in [-0.2, -0.15) is 0 Å². The van der Waals surface area contributed by atoms with Crippen LogP contribution in [0.4, 0.5) is 0 Å². The molecule has 0 aliphatic carbocycles. The highest BCUT2D eigenvalue weighted by atomic mass is 32.1. The SMILES string of the molecule is CCC1(COCCCCCCc2cc3sc4cc(-c5cc6sc7cc(CCCCCCOCC8(CC)COC8)sc7c6s5)sc4c3s2)COC1. The van der Waals surface area contributed by atoms with Crippen molar-refractivity contribution in [1.29, 1.82) is 0 Å². The highest BCUT2D eigenvalue weighted by molar-refractivity contribution is 7.42. The Hall–Kier alpha value is -0.920. The highest BCUT2D eigenvalue weighted by Gasteiger charge is 2.37. The van der Waals surface area contributed by atoms with Crippen molar-refractivity contribution in [2.45, 2.75) is 90.9 Å². The molecule has 0 bridgehead atoms. The van der Waals surface area contributed by atoms with Crippen LogP contribution in [0.25, 0.3) is 47.4 Å². The maximum atomic E-state index is 5.99. The number of aryl methyl sites for hydroxylation is 2. The molecule has 2 fully saturated rings. The Balaban J connectivity index is 0.797. The van der Waals surface area contributed by atoms with Crippen molar-refractivity contribution >= 4 is 106 Å². The molecule has 8 rings (SSSR count). The van der Waals surface area contributed by atoms with Crippen LogP contribution in [0.1, 0.15) is 87.8 Å². The third-order valence-electron chi connectivity index (χ3n) is 10.9. The van der Waals surface area contributed by atoms with Crippen LogP contribution in [0.5, 0.6) is 0 Å². The third kappa shape index (κ3) is 7.82. The number of thiophene rings is 6. The fourth-order valence-electron chi connectivity index (χ4n) is 7.11. The van der Waals surface area contributed by atoms with Gasteiger partial charge in [-0.05, 0) is 75.6 Å². The van der Waals surface area contributed by atoms with E-state index in [-0.39, 0.29) is 0 Å². The molecule has 50 heavy (non-hydrogen) atoms. The Labute approximate surface area is 320 Å². The van der Waals surface area contributed by atoms with E-state index in [4.69, 9.17) is 18.9 Å². The second kappa shape index (κ2) is 16.2. The van der Waals surface area contributed by atoms with Gasteiger partial charge < -0.3 is 18.9 Å². The first-order chi connectivity index (χ1) is 24.6. The zero-order chi connectivity index (χ0) is 34.0. The van der Waals surface area contributed by atoms with Gasteiger partial charge in [0.15, 0.2) is 0 Å². The minimum atomic E-state index is 0.309. The summed E-state index contributed by atoms with van der Waals surface area (Å²) in [6, 6.07) is 9.86. The first-order valence-corrected chi connectivity index (χ1v) is 23.7. The van der Waals surface area contributed by atoms with Crippen molar-refractivity contribution in [3.63, 3.8) is 0 Å². The Bertz CT molecular complexity index is 1840. The number of rotatable bonds is 21.